The fourth-order valence-corrected chi connectivity index (χ4v) is 12.2. The maximum absolute atomic E-state index is 12.5. The molecule has 0 aromatic rings. The molecule has 0 radical (unpaired) electrons. The van der Waals surface area contributed by atoms with Crippen molar-refractivity contribution in [2.45, 2.75) is 443 Å². The van der Waals surface area contributed by atoms with Crippen LogP contribution in [-0.2, 0) is 14.3 Å². The summed E-state index contributed by atoms with van der Waals surface area (Å²) in [5, 5.41) is 23.2. The van der Waals surface area contributed by atoms with Gasteiger partial charge in [-0.15, -0.1) is 0 Å². The maximum Gasteiger partial charge on any atom is 0.305 e. The van der Waals surface area contributed by atoms with E-state index in [1.54, 1.807) is 6.08 Å². The molecule has 0 bridgehead atoms. The van der Waals surface area contributed by atoms with E-state index >= 15 is 0 Å². The SMILES string of the molecule is CCCCCCCCCCCCCCC/C=C/C(O)C(CO)NC(=O)CCCCCCCCCCCCCCCCCC/C=C\CCCCCCCCCCCCCCOC(=O)CCCCCCCCCCCCCCCCCCCCC. The molecule has 1 amide bonds. The van der Waals surface area contributed by atoms with Gasteiger partial charge in [0.2, 0.25) is 5.91 Å². The minimum atomic E-state index is -0.842. The van der Waals surface area contributed by atoms with Crippen LogP contribution in [0.15, 0.2) is 24.3 Å². The first-order valence-corrected chi connectivity index (χ1v) is 38.1. The van der Waals surface area contributed by atoms with Crippen molar-refractivity contribution >= 4 is 11.9 Å². The third kappa shape index (κ3) is 69.3. The van der Waals surface area contributed by atoms with Crippen LogP contribution in [0.3, 0.4) is 0 Å². The summed E-state index contributed by atoms with van der Waals surface area (Å²) in [5.74, 6) is -0.0389. The zero-order valence-electron chi connectivity index (χ0n) is 56.5. The van der Waals surface area contributed by atoms with Crippen LogP contribution in [0.1, 0.15) is 431 Å². The smallest absolute Gasteiger partial charge is 0.305 e. The molecule has 0 aromatic carbocycles. The predicted octanol–water partition coefficient (Wildman–Crippen LogP) is 24.9. The summed E-state index contributed by atoms with van der Waals surface area (Å²) >= 11 is 0. The Morgan fingerprint density at radius 3 is 0.855 bits per heavy atom. The Bertz CT molecular complexity index is 1300. The Kier molecular flexibility index (Phi) is 71.4. The molecule has 2 unspecified atom stereocenters. The van der Waals surface area contributed by atoms with E-state index in [-0.39, 0.29) is 18.5 Å². The first-order valence-electron chi connectivity index (χ1n) is 38.1. The van der Waals surface area contributed by atoms with E-state index in [2.05, 4.69) is 31.3 Å². The number of nitrogens with one attached hydrogen (secondary N) is 1. The molecule has 0 saturated heterocycles. The summed E-state index contributed by atoms with van der Waals surface area (Å²) in [4.78, 5) is 24.6. The van der Waals surface area contributed by atoms with Crippen molar-refractivity contribution in [3.63, 3.8) is 0 Å². The van der Waals surface area contributed by atoms with Gasteiger partial charge in [0.15, 0.2) is 0 Å². The first kappa shape index (κ1) is 81.3. The van der Waals surface area contributed by atoms with Gasteiger partial charge in [-0.25, -0.2) is 0 Å². The minimum Gasteiger partial charge on any atom is -0.466 e. The van der Waals surface area contributed by atoms with Crippen molar-refractivity contribution in [1.82, 2.24) is 5.32 Å². The van der Waals surface area contributed by atoms with E-state index in [1.165, 1.54) is 366 Å². The van der Waals surface area contributed by atoms with Crippen molar-refractivity contribution < 1.29 is 24.5 Å². The van der Waals surface area contributed by atoms with Crippen LogP contribution in [-0.4, -0.2) is 47.4 Å². The minimum absolute atomic E-state index is 0.0236. The Balaban J connectivity index is 3.34. The maximum atomic E-state index is 12.5. The lowest BCUT2D eigenvalue weighted by molar-refractivity contribution is -0.143. The molecule has 83 heavy (non-hydrogen) atoms. The zero-order chi connectivity index (χ0) is 59.9. The number of amides is 1. The quantitative estimate of drug-likeness (QED) is 0.0320. The molecule has 492 valence electrons. The Labute approximate surface area is 520 Å². The molecule has 0 aliphatic carbocycles. The van der Waals surface area contributed by atoms with Crippen LogP contribution < -0.4 is 5.32 Å². The van der Waals surface area contributed by atoms with Crippen LogP contribution in [0.2, 0.25) is 0 Å². The van der Waals surface area contributed by atoms with Gasteiger partial charge >= 0.3 is 5.97 Å². The third-order valence-electron chi connectivity index (χ3n) is 18.0. The summed E-state index contributed by atoms with van der Waals surface area (Å²) in [6, 6.07) is -0.625. The van der Waals surface area contributed by atoms with Crippen LogP contribution in [0.25, 0.3) is 0 Å². The Morgan fingerprint density at radius 1 is 0.325 bits per heavy atom. The van der Waals surface area contributed by atoms with Crippen molar-refractivity contribution in [3.05, 3.63) is 24.3 Å². The summed E-state index contributed by atoms with van der Waals surface area (Å²) in [7, 11) is 0. The van der Waals surface area contributed by atoms with Crippen LogP contribution in [0.5, 0.6) is 0 Å². The average molecular weight is 1170 g/mol. The average Bonchev–Trinajstić information content (AvgIpc) is 3.49. The Morgan fingerprint density at radius 2 is 0.566 bits per heavy atom. The van der Waals surface area contributed by atoms with E-state index in [0.717, 1.165) is 38.5 Å². The van der Waals surface area contributed by atoms with Crippen molar-refractivity contribution in [2.75, 3.05) is 13.2 Å². The van der Waals surface area contributed by atoms with Crippen molar-refractivity contribution in [2.24, 2.45) is 0 Å². The van der Waals surface area contributed by atoms with Crippen molar-refractivity contribution in [1.29, 1.82) is 0 Å². The fourth-order valence-electron chi connectivity index (χ4n) is 12.2. The largest absolute Gasteiger partial charge is 0.466 e. The second-order valence-electron chi connectivity index (χ2n) is 26.3. The van der Waals surface area contributed by atoms with E-state index in [0.29, 0.717) is 19.4 Å². The Hall–Kier alpha value is -1.66. The van der Waals surface area contributed by atoms with E-state index in [4.69, 9.17) is 4.74 Å². The van der Waals surface area contributed by atoms with Gasteiger partial charge in [0.25, 0.3) is 0 Å². The second-order valence-corrected chi connectivity index (χ2v) is 26.3. The number of hydrogen-bond donors (Lipinski definition) is 3. The van der Waals surface area contributed by atoms with Crippen LogP contribution >= 0.6 is 0 Å². The van der Waals surface area contributed by atoms with Gasteiger partial charge in [-0.1, -0.05) is 385 Å². The van der Waals surface area contributed by atoms with Gasteiger partial charge in [-0.2, -0.15) is 0 Å². The lowest BCUT2D eigenvalue weighted by Gasteiger charge is -2.20. The van der Waals surface area contributed by atoms with E-state index in [9.17, 15) is 19.8 Å². The lowest BCUT2D eigenvalue weighted by Crippen LogP contribution is -2.45. The van der Waals surface area contributed by atoms with Gasteiger partial charge in [0.05, 0.1) is 25.4 Å². The highest BCUT2D eigenvalue weighted by molar-refractivity contribution is 5.76. The molecule has 0 saturated carbocycles. The third-order valence-corrected chi connectivity index (χ3v) is 18.0. The van der Waals surface area contributed by atoms with Crippen LogP contribution in [0.4, 0.5) is 0 Å². The molecule has 0 fully saturated rings. The topological polar surface area (TPSA) is 95.9 Å². The zero-order valence-corrected chi connectivity index (χ0v) is 56.5. The highest BCUT2D eigenvalue weighted by atomic mass is 16.5. The molecule has 6 nitrogen and oxygen atoms in total. The number of esters is 1. The summed E-state index contributed by atoms with van der Waals surface area (Å²) in [5.41, 5.74) is 0. The molecular weight excluding hydrogens is 1020 g/mol. The van der Waals surface area contributed by atoms with Gasteiger partial charge in [0.1, 0.15) is 0 Å². The number of carbonyl (C=O) groups is 2. The molecule has 0 aliphatic rings. The lowest BCUT2D eigenvalue weighted by atomic mass is 10.0. The number of ether oxygens (including phenoxy) is 1. The second kappa shape index (κ2) is 72.8. The predicted molar refractivity (Wildman–Crippen MR) is 366 cm³/mol. The molecular formula is C77H149NO5. The summed E-state index contributed by atoms with van der Waals surface area (Å²) < 4.78 is 5.52. The number of aliphatic hydroxyl groups is 2. The highest BCUT2D eigenvalue weighted by Gasteiger charge is 2.18. The van der Waals surface area contributed by atoms with Gasteiger partial charge in [0, 0.05) is 12.8 Å². The number of aliphatic hydroxyl groups excluding tert-OH is 2. The fraction of sp³-hybridized carbons (Fsp3) is 0.922. The van der Waals surface area contributed by atoms with Gasteiger partial charge in [-0.3, -0.25) is 9.59 Å². The van der Waals surface area contributed by atoms with Crippen LogP contribution in [0, 0.1) is 0 Å². The molecule has 0 rings (SSSR count). The number of unbranched alkanes of at least 4 members (excludes halogenated alkanes) is 59. The molecule has 0 spiro atoms. The summed E-state index contributed by atoms with van der Waals surface area (Å²) in [6.07, 6.45) is 92.9. The summed E-state index contributed by atoms with van der Waals surface area (Å²) in [6.45, 7) is 4.95. The van der Waals surface area contributed by atoms with E-state index < -0.39 is 12.1 Å². The molecule has 0 aromatic heterocycles. The molecule has 6 heteroatoms. The normalized spacial score (nSPS) is 12.6. The van der Waals surface area contributed by atoms with Crippen molar-refractivity contribution in [3.8, 4) is 0 Å². The first-order chi connectivity index (χ1) is 41.0. The molecule has 0 heterocycles. The number of allylic oxidation sites excluding steroid dienone is 3. The standard InChI is InChI=1S/C77H149NO5/c1-3-5-7-9-11-13-15-17-19-20-35-39-43-47-51-55-59-63-67-71-77(82)83-72-68-64-60-56-52-48-44-40-37-34-32-30-28-26-24-22-21-23-25-27-29-31-33-36-38-42-46-50-54-58-62-66-70-76(81)78-74(73-79)75(80)69-65-61-57-53-49-45-41-18-16-14-12-10-8-6-4-2/h24,26,65,69,74-75,79-80H,3-23,25,27-64,66-68,70-73H2,1-2H3,(H,78,81)/b26-24-,69-65+. The number of hydrogen-bond acceptors (Lipinski definition) is 5. The van der Waals surface area contributed by atoms with Gasteiger partial charge < -0.3 is 20.3 Å². The number of rotatable bonds is 72. The number of carbonyl (C=O) groups excluding carboxylic acids is 2. The van der Waals surface area contributed by atoms with Gasteiger partial charge in [-0.05, 0) is 57.8 Å². The van der Waals surface area contributed by atoms with E-state index in [1.807, 2.05) is 6.08 Å². The molecule has 3 N–H and O–H groups in total. The monoisotopic (exact) mass is 1170 g/mol. The molecule has 0 aliphatic heterocycles. The highest BCUT2D eigenvalue weighted by Crippen LogP contribution is 2.19. The molecule has 2 atom stereocenters.